The first kappa shape index (κ1) is 17.7. The molecule has 1 amide bonds. The second kappa shape index (κ2) is 6.16. The van der Waals surface area contributed by atoms with Gasteiger partial charge in [0.2, 0.25) is 6.04 Å². The van der Waals surface area contributed by atoms with Crippen LogP contribution >= 0.6 is 0 Å². The van der Waals surface area contributed by atoms with Gasteiger partial charge in [0, 0.05) is 23.2 Å². The molecule has 4 atom stereocenters. The van der Waals surface area contributed by atoms with Crippen molar-refractivity contribution in [2.24, 2.45) is 5.92 Å². The predicted molar refractivity (Wildman–Crippen MR) is 103 cm³/mol. The minimum Gasteiger partial charge on any atom is -0.313 e. The highest BCUT2D eigenvalue weighted by Gasteiger charge is 2.67. The highest BCUT2D eigenvalue weighted by atomic mass is 16.6. The molecule has 0 aromatic heterocycles. The molecule has 6 nitrogen and oxygen atoms in total. The number of fused-ring (bicyclic) bond motifs is 2. The van der Waals surface area contributed by atoms with Crippen LogP contribution in [0.2, 0.25) is 0 Å². The third-order valence-electron chi connectivity index (χ3n) is 6.02. The van der Waals surface area contributed by atoms with Crippen LogP contribution in [0.5, 0.6) is 0 Å². The summed E-state index contributed by atoms with van der Waals surface area (Å²) in [6.07, 6.45) is 0. The van der Waals surface area contributed by atoms with E-state index < -0.39 is 23.5 Å². The number of para-hydroxylation sites is 1. The minimum atomic E-state index is -1.13. The molecule has 1 unspecified atom stereocenters. The molecule has 27 heavy (non-hydrogen) atoms. The van der Waals surface area contributed by atoms with Gasteiger partial charge in [-0.1, -0.05) is 62.4 Å². The van der Waals surface area contributed by atoms with Crippen LogP contribution in [-0.2, 0) is 10.3 Å². The fourth-order valence-corrected chi connectivity index (χ4v) is 4.85. The van der Waals surface area contributed by atoms with Gasteiger partial charge in [0.1, 0.15) is 5.54 Å². The van der Waals surface area contributed by atoms with E-state index in [0.29, 0.717) is 0 Å². The lowest BCUT2D eigenvalue weighted by Gasteiger charge is -2.30. The van der Waals surface area contributed by atoms with Crippen LogP contribution in [0.4, 0.5) is 5.69 Å². The van der Waals surface area contributed by atoms with Gasteiger partial charge in [0.05, 0.1) is 12.0 Å². The largest absolute Gasteiger partial charge is 0.313 e. The maximum absolute atomic E-state index is 13.5. The van der Waals surface area contributed by atoms with E-state index in [4.69, 9.17) is 0 Å². The molecular formula is C21H23N3O3. The Hall–Kier alpha value is -2.73. The average Bonchev–Trinajstić information content (AvgIpc) is 3.14. The van der Waals surface area contributed by atoms with Crippen molar-refractivity contribution in [1.29, 1.82) is 0 Å². The van der Waals surface area contributed by atoms with Gasteiger partial charge in [-0.05, 0) is 17.5 Å². The van der Waals surface area contributed by atoms with E-state index in [2.05, 4.69) is 5.32 Å². The second-order valence-electron chi connectivity index (χ2n) is 7.77. The third-order valence-corrected chi connectivity index (χ3v) is 6.02. The maximum Gasteiger partial charge on any atom is 0.252 e. The number of rotatable bonds is 3. The van der Waals surface area contributed by atoms with Crippen LogP contribution in [0.1, 0.15) is 30.9 Å². The van der Waals surface area contributed by atoms with Crippen LogP contribution in [-0.4, -0.2) is 30.0 Å². The molecule has 2 aromatic carbocycles. The molecule has 2 aliphatic heterocycles. The normalized spacial score (nSPS) is 29.6. The number of carbonyl (C=O) groups excluding carboxylic acids is 1. The summed E-state index contributed by atoms with van der Waals surface area (Å²) in [5.74, 6) is -0.705. The molecule has 1 N–H and O–H groups in total. The van der Waals surface area contributed by atoms with E-state index in [1.807, 2.05) is 68.4 Å². The smallest absolute Gasteiger partial charge is 0.252 e. The summed E-state index contributed by atoms with van der Waals surface area (Å²) < 4.78 is 0. The third kappa shape index (κ3) is 2.33. The summed E-state index contributed by atoms with van der Waals surface area (Å²) in [5, 5.41) is 15.6. The van der Waals surface area contributed by atoms with Crippen molar-refractivity contribution in [3.63, 3.8) is 0 Å². The average molecular weight is 365 g/mol. The summed E-state index contributed by atoms with van der Waals surface area (Å²) >= 11 is 0. The van der Waals surface area contributed by atoms with Crippen molar-refractivity contribution < 1.29 is 9.72 Å². The number of carbonyl (C=O) groups is 1. The summed E-state index contributed by atoms with van der Waals surface area (Å²) in [5.41, 5.74) is 1.32. The zero-order chi connectivity index (χ0) is 19.3. The molecule has 6 heteroatoms. The van der Waals surface area contributed by atoms with Gasteiger partial charge in [-0.3, -0.25) is 20.2 Å². The SMILES string of the molecule is CC(C)[C@@H]1NC2(C(=O)N(C)c3ccccc32)[C@H](c2ccccc2)[C@@H]1[N+](=O)[O-]. The van der Waals surface area contributed by atoms with Crippen molar-refractivity contribution in [3.05, 3.63) is 75.8 Å². The number of anilines is 1. The predicted octanol–water partition coefficient (Wildman–Crippen LogP) is 2.92. The molecule has 0 saturated carbocycles. The Kier molecular flexibility index (Phi) is 4.03. The highest BCUT2D eigenvalue weighted by molar-refractivity contribution is 6.08. The van der Waals surface area contributed by atoms with Gasteiger partial charge < -0.3 is 4.90 Å². The summed E-state index contributed by atoms with van der Waals surface area (Å²) in [7, 11) is 1.74. The number of nitrogens with zero attached hydrogens (tertiary/aromatic N) is 2. The molecule has 0 bridgehead atoms. The number of nitro groups is 1. The summed E-state index contributed by atoms with van der Waals surface area (Å²) in [4.78, 5) is 27.1. The Bertz CT molecular complexity index is 899. The Morgan fingerprint density at radius 2 is 1.74 bits per heavy atom. The van der Waals surface area contributed by atoms with E-state index >= 15 is 0 Å². The fourth-order valence-electron chi connectivity index (χ4n) is 4.85. The summed E-state index contributed by atoms with van der Waals surface area (Å²) in [6, 6.07) is 15.7. The maximum atomic E-state index is 13.5. The quantitative estimate of drug-likeness (QED) is 0.670. The lowest BCUT2D eigenvalue weighted by molar-refractivity contribution is -0.528. The Morgan fingerprint density at radius 3 is 2.37 bits per heavy atom. The standard InChI is InChI=1S/C21H23N3O3/c1-13(2)18-19(24(26)27)17(14-9-5-4-6-10-14)21(22-18)15-11-7-8-12-16(15)23(3)20(21)25/h4-13,17-19,22H,1-3H3/t17-,18+,19+,21?/m1/s1. The number of amides is 1. The van der Waals surface area contributed by atoms with Crippen molar-refractivity contribution in [1.82, 2.24) is 5.32 Å². The van der Waals surface area contributed by atoms with Crippen LogP contribution < -0.4 is 10.2 Å². The number of hydrogen-bond acceptors (Lipinski definition) is 4. The van der Waals surface area contributed by atoms with Crippen molar-refractivity contribution >= 4 is 11.6 Å². The lowest BCUT2D eigenvalue weighted by atomic mass is 9.74. The van der Waals surface area contributed by atoms with Crippen molar-refractivity contribution in [2.75, 3.05) is 11.9 Å². The summed E-state index contributed by atoms with van der Waals surface area (Å²) in [6.45, 7) is 3.93. The number of nitrogens with one attached hydrogen (secondary N) is 1. The lowest BCUT2D eigenvalue weighted by Crippen LogP contribution is -2.51. The molecule has 2 aromatic rings. The molecule has 4 rings (SSSR count). The van der Waals surface area contributed by atoms with E-state index in [9.17, 15) is 14.9 Å². The fraction of sp³-hybridized carbons (Fsp3) is 0.381. The molecule has 0 aliphatic carbocycles. The van der Waals surface area contributed by atoms with E-state index in [0.717, 1.165) is 16.8 Å². The number of likely N-dealkylation sites (N-methyl/N-ethyl adjacent to an activating group) is 1. The Morgan fingerprint density at radius 1 is 1.11 bits per heavy atom. The molecule has 2 aliphatic rings. The Labute approximate surface area is 158 Å². The molecule has 1 spiro atoms. The number of benzene rings is 2. The van der Waals surface area contributed by atoms with E-state index in [-0.39, 0.29) is 16.7 Å². The first-order valence-electron chi connectivity index (χ1n) is 9.23. The van der Waals surface area contributed by atoms with Crippen molar-refractivity contribution in [3.8, 4) is 0 Å². The van der Waals surface area contributed by atoms with E-state index in [1.54, 1.807) is 11.9 Å². The second-order valence-corrected chi connectivity index (χ2v) is 7.77. The first-order valence-corrected chi connectivity index (χ1v) is 9.23. The zero-order valence-electron chi connectivity index (χ0n) is 15.6. The molecule has 0 radical (unpaired) electrons. The zero-order valence-corrected chi connectivity index (χ0v) is 15.6. The van der Waals surface area contributed by atoms with Gasteiger partial charge in [0.15, 0.2) is 0 Å². The van der Waals surface area contributed by atoms with Crippen molar-refractivity contribution in [2.45, 2.75) is 37.4 Å². The van der Waals surface area contributed by atoms with Crippen LogP contribution in [0.15, 0.2) is 54.6 Å². The van der Waals surface area contributed by atoms with Gasteiger partial charge in [-0.15, -0.1) is 0 Å². The van der Waals surface area contributed by atoms with Gasteiger partial charge in [-0.2, -0.15) is 0 Å². The molecule has 140 valence electrons. The Balaban J connectivity index is 2.01. The van der Waals surface area contributed by atoms with Gasteiger partial charge >= 0.3 is 0 Å². The minimum absolute atomic E-state index is 0.0110. The molecule has 2 heterocycles. The van der Waals surface area contributed by atoms with E-state index in [1.165, 1.54) is 0 Å². The van der Waals surface area contributed by atoms with Gasteiger partial charge in [0.25, 0.3) is 5.91 Å². The van der Waals surface area contributed by atoms with Crippen LogP contribution in [0.3, 0.4) is 0 Å². The first-order chi connectivity index (χ1) is 12.9. The van der Waals surface area contributed by atoms with Crippen LogP contribution in [0, 0.1) is 16.0 Å². The monoisotopic (exact) mass is 365 g/mol. The highest BCUT2D eigenvalue weighted by Crippen LogP contribution is 2.54. The van der Waals surface area contributed by atoms with Crippen LogP contribution in [0.25, 0.3) is 0 Å². The molecular weight excluding hydrogens is 342 g/mol. The van der Waals surface area contributed by atoms with Gasteiger partial charge in [-0.25, -0.2) is 0 Å². The number of hydrogen-bond donors (Lipinski definition) is 1. The molecule has 1 fully saturated rings. The topological polar surface area (TPSA) is 75.5 Å². The molecule has 1 saturated heterocycles.